The third-order valence-electron chi connectivity index (χ3n) is 2.58. The molecule has 0 aromatic carbocycles. The van der Waals surface area contributed by atoms with Crippen molar-refractivity contribution in [3.8, 4) is 0 Å². The average Bonchev–Trinajstić information content (AvgIpc) is 2.16. The molecule has 0 aromatic heterocycles. The number of hydrogen-bond acceptors (Lipinski definition) is 0. The van der Waals surface area contributed by atoms with Crippen molar-refractivity contribution >= 4 is 31.9 Å². The minimum absolute atomic E-state index is 0.600. The lowest BCUT2D eigenvalue weighted by atomic mass is 10.1. The number of alkyl halides is 2. The molecule has 0 aliphatic heterocycles. The van der Waals surface area contributed by atoms with E-state index >= 15 is 0 Å². The van der Waals surface area contributed by atoms with Crippen LogP contribution in [0.2, 0.25) is 0 Å². The van der Waals surface area contributed by atoms with E-state index in [9.17, 15) is 0 Å². The van der Waals surface area contributed by atoms with E-state index in [0.29, 0.717) is 9.65 Å². The summed E-state index contributed by atoms with van der Waals surface area (Å²) >= 11 is 7.29. The molecular formula is C12H24Br2. The van der Waals surface area contributed by atoms with Gasteiger partial charge in [0.2, 0.25) is 0 Å². The minimum Gasteiger partial charge on any atom is -0.0882 e. The van der Waals surface area contributed by atoms with E-state index in [-0.39, 0.29) is 0 Å². The zero-order chi connectivity index (χ0) is 10.8. The first-order valence-electron chi connectivity index (χ1n) is 5.96. The summed E-state index contributed by atoms with van der Waals surface area (Å²) in [6.45, 7) is 4.48. The molecule has 0 nitrogen and oxygen atoms in total. The van der Waals surface area contributed by atoms with E-state index in [1.165, 1.54) is 51.4 Å². The zero-order valence-electron chi connectivity index (χ0n) is 9.57. The molecule has 0 rings (SSSR count). The maximum absolute atomic E-state index is 3.69. The van der Waals surface area contributed by atoms with Crippen molar-refractivity contribution in [2.24, 2.45) is 0 Å². The number of halogens is 2. The van der Waals surface area contributed by atoms with Crippen molar-refractivity contribution in [3.05, 3.63) is 0 Å². The van der Waals surface area contributed by atoms with Crippen LogP contribution in [0.5, 0.6) is 0 Å². The average molecular weight is 328 g/mol. The quantitative estimate of drug-likeness (QED) is 0.378. The van der Waals surface area contributed by atoms with Crippen LogP contribution >= 0.6 is 31.9 Å². The van der Waals surface area contributed by atoms with Gasteiger partial charge in [0.05, 0.1) is 0 Å². The molecule has 0 saturated carbocycles. The summed E-state index contributed by atoms with van der Waals surface area (Å²) in [6, 6.07) is 0. The maximum Gasteiger partial charge on any atom is 0.0268 e. The largest absolute Gasteiger partial charge is 0.0882 e. The van der Waals surface area contributed by atoms with Crippen LogP contribution in [-0.2, 0) is 0 Å². The molecule has 2 atom stereocenters. The summed E-state index contributed by atoms with van der Waals surface area (Å²) in [6.07, 6.45) is 11.2. The van der Waals surface area contributed by atoms with E-state index in [2.05, 4.69) is 45.7 Å². The number of rotatable bonds is 9. The highest BCUT2D eigenvalue weighted by Crippen LogP contribution is 2.20. The van der Waals surface area contributed by atoms with Gasteiger partial charge in [-0.15, -0.1) is 0 Å². The highest BCUT2D eigenvalue weighted by molar-refractivity contribution is 9.12. The van der Waals surface area contributed by atoms with Gasteiger partial charge in [0, 0.05) is 9.65 Å². The van der Waals surface area contributed by atoms with Gasteiger partial charge in [-0.25, -0.2) is 0 Å². The molecule has 2 heteroatoms. The fraction of sp³-hybridized carbons (Fsp3) is 1.00. The second kappa shape index (κ2) is 10.5. The van der Waals surface area contributed by atoms with Crippen molar-refractivity contribution in [1.82, 2.24) is 0 Å². The second-order valence-corrected chi connectivity index (χ2v) is 6.72. The first kappa shape index (κ1) is 15.0. The van der Waals surface area contributed by atoms with Crippen LogP contribution < -0.4 is 0 Å². The molecule has 0 fully saturated rings. The van der Waals surface area contributed by atoms with Gasteiger partial charge in [0.25, 0.3) is 0 Å². The highest BCUT2D eigenvalue weighted by atomic mass is 79.9. The van der Waals surface area contributed by atoms with Gasteiger partial charge < -0.3 is 0 Å². The molecule has 0 aliphatic rings. The van der Waals surface area contributed by atoms with Gasteiger partial charge >= 0.3 is 0 Å². The van der Waals surface area contributed by atoms with Gasteiger partial charge in [-0.2, -0.15) is 0 Å². The monoisotopic (exact) mass is 326 g/mol. The summed E-state index contributed by atoms with van der Waals surface area (Å²) in [7, 11) is 0. The topological polar surface area (TPSA) is 0 Å². The standard InChI is InChI=1S/C12H24Br2/c1-3-4-5-6-7-8-9-10-12(14)11(2)13/h11-12H,3-10H2,1-2H3. The molecule has 0 aromatic rings. The van der Waals surface area contributed by atoms with Crippen LogP contribution in [-0.4, -0.2) is 9.65 Å². The summed E-state index contributed by atoms with van der Waals surface area (Å²) in [5.41, 5.74) is 0. The van der Waals surface area contributed by atoms with E-state index in [1.54, 1.807) is 0 Å². The Labute approximate surface area is 106 Å². The molecule has 0 saturated heterocycles. The third-order valence-corrected chi connectivity index (χ3v) is 5.18. The first-order chi connectivity index (χ1) is 6.68. The smallest absolute Gasteiger partial charge is 0.0268 e. The summed E-state index contributed by atoms with van der Waals surface area (Å²) in [5, 5.41) is 0. The number of hydrogen-bond donors (Lipinski definition) is 0. The first-order valence-corrected chi connectivity index (χ1v) is 7.79. The number of unbranched alkanes of at least 4 members (excludes halogenated alkanes) is 6. The Morgan fingerprint density at radius 2 is 1.36 bits per heavy atom. The van der Waals surface area contributed by atoms with Crippen LogP contribution in [0, 0.1) is 0 Å². The zero-order valence-corrected chi connectivity index (χ0v) is 12.7. The third kappa shape index (κ3) is 9.51. The van der Waals surface area contributed by atoms with E-state index in [1.807, 2.05) is 0 Å². The Kier molecular flexibility index (Phi) is 11.2. The molecule has 0 amide bonds. The molecule has 0 N–H and O–H groups in total. The Balaban J connectivity index is 3.06. The molecule has 0 spiro atoms. The lowest BCUT2D eigenvalue weighted by molar-refractivity contribution is 0.571. The molecule has 2 unspecified atom stereocenters. The molecular weight excluding hydrogens is 304 g/mol. The van der Waals surface area contributed by atoms with Crippen LogP contribution in [0.4, 0.5) is 0 Å². The normalized spacial score (nSPS) is 15.4. The van der Waals surface area contributed by atoms with Gasteiger partial charge in [-0.3, -0.25) is 0 Å². The highest BCUT2D eigenvalue weighted by Gasteiger charge is 2.09. The summed E-state index contributed by atoms with van der Waals surface area (Å²) in [5.74, 6) is 0. The maximum atomic E-state index is 3.69. The lowest BCUT2D eigenvalue weighted by Crippen LogP contribution is -2.08. The SMILES string of the molecule is CCCCCCCCCC(Br)C(C)Br. The van der Waals surface area contributed by atoms with Gasteiger partial charge in [0.15, 0.2) is 0 Å². The van der Waals surface area contributed by atoms with E-state index in [4.69, 9.17) is 0 Å². The molecule has 0 aliphatic carbocycles. The van der Waals surface area contributed by atoms with Crippen LogP contribution in [0.15, 0.2) is 0 Å². The van der Waals surface area contributed by atoms with Gasteiger partial charge in [-0.1, -0.05) is 90.7 Å². The Hall–Kier alpha value is 0.960. The van der Waals surface area contributed by atoms with Crippen molar-refractivity contribution in [1.29, 1.82) is 0 Å². The van der Waals surface area contributed by atoms with E-state index < -0.39 is 0 Å². The molecule has 0 radical (unpaired) electrons. The fourth-order valence-corrected chi connectivity index (χ4v) is 2.11. The van der Waals surface area contributed by atoms with Crippen LogP contribution in [0.3, 0.4) is 0 Å². The van der Waals surface area contributed by atoms with Crippen molar-refractivity contribution < 1.29 is 0 Å². The van der Waals surface area contributed by atoms with Crippen LogP contribution in [0.25, 0.3) is 0 Å². The molecule has 14 heavy (non-hydrogen) atoms. The van der Waals surface area contributed by atoms with Gasteiger partial charge in [-0.05, 0) is 6.42 Å². The lowest BCUT2D eigenvalue weighted by Gasteiger charge is -2.11. The Morgan fingerprint density at radius 3 is 1.86 bits per heavy atom. The van der Waals surface area contributed by atoms with Crippen molar-refractivity contribution in [2.75, 3.05) is 0 Å². The molecule has 86 valence electrons. The summed E-state index contributed by atoms with van der Waals surface area (Å²) < 4.78 is 0. The Bertz CT molecular complexity index is 113. The van der Waals surface area contributed by atoms with Crippen molar-refractivity contribution in [3.63, 3.8) is 0 Å². The molecule has 0 bridgehead atoms. The summed E-state index contributed by atoms with van der Waals surface area (Å²) in [4.78, 5) is 1.25. The predicted octanol–water partition coefficient (Wildman–Crippen LogP) is 5.67. The van der Waals surface area contributed by atoms with E-state index in [0.717, 1.165) is 0 Å². The predicted molar refractivity (Wildman–Crippen MR) is 73.7 cm³/mol. The Morgan fingerprint density at radius 1 is 0.857 bits per heavy atom. The second-order valence-electron chi connectivity index (χ2n) is 4.10. The molecule has 0 heterocycles. The van der Waals surface area contributed by atoms with Gasteiger partial charge in [0.1, 0.15) is 0 Å². The minimum atomic E-state index is 0.600. The van der Waals surface area contributed by atoms with Crippen molar-refractivity contribution in [2.45, 2.75) is 74.9 Å². The fourth-order valence-electron chi connectivity index (χ4n) is 1.53. The van der Waals surface area contributed by atoms with Crippen LogP contribution in [0.1, 0.15) is 65.2 Å².